The monoisotopic (exact) mass is 190 g/mol. The molecule has 1 fully saturated rings. The number of hydrogen-bond acceptors (Lipinski definition) is 4. The summed E-state index contributed by atoms with van der Waals surface area (Å²) in [5.41, 5.74) is 0. The molecular weight excluding hydrogens is 178 g/mol. The minimum absolute atomic E-state index is 0.143. The Balaban J connectivity index is 2.39. The first kappa shape index (κ1) is 10.3. The van der Waals surface area contributed by atoms with Crippen LogP contribution in [0.3, 0.4) is 0 Å². The van der Waals surface area contributed by atoms with Crippen LogP contribution in [0.2, 0.25) is 0 Å². The first-order valence-electron chi connectivity index (χ1n) is 3.73. The van der Waals surface area contributed by atoms with Gasteiger partial charge in [-0.1, -0.05) is 0 Å². The molecule has 4 nitrogen and oxygen atoms in total. The van der Waals surface area contributed by atoms with Crippen molar-refractivity contribution in [2.75, 3.05) is 19.7 Å². The van der Waals surface area contributed by atoms with Crippen LogP contribution < -0.4 is 0 Å². The molecule has 6 heteroatoms. The molecule has 0 atom stereocenters. The minimum atomic E-state index is -2.65. The Kier molecular flexibility index (Phi) is 3.81. The van der Waals surface area contributed by atoms with Gasteiger partial charge in [0.05, 0.1) is 13.2 Å². The van der Waals surface area contributed by atoms with Crippen molar-refractivity contribution in [3.8, 4) is 0 Å². The quantitative estimate of drug-likeness (QED) is 0.496. The first-order valence-corrected chi connectivity index (χ1v) is 5.37. The van der Waals surface area contributed by atoms with Gasteiger partial charge in [-0.05, 0) is 12.7 Å². The van der Waals surface area contributed by atoms with E-state index >= 15 is 0 Å². The molecule has 1 rings (SSSR count). The van der Waals surface area contributed by atoms with Gasteiger partial charge in [-0.15, -0.1) is 0 Å². The maximum absolute atomic E-state index is 9.49. The summed E-state index contributed by atoms with van der Waals surface area (Å²) in [5.74, 6) is 1.55. The zero-order valence-electron chi connectivity index (χ0n) is 6.97. The molecule has 68 valence electrons. The van der Waals surface area contributed by atoms with E-state index in [9.17, 15) is 4.89 Å². The first-order chi connectivity index (χ1) is 5.70. The van der Waals surface area contributed by atoms with E-state index in [0.717, 1.165) is 0 Å². The molecule has 0 aromatic heterocycles. The van der Waals surface area contributed by atoms with Crippen molar-refractivity contribution >= 4 is 21.2 Å². The molecule has 1 aliphatic heterocycles. The van der Waals surface area contributed by atoms with Crippen LogP contribution in [-0.2, 0) is 13.8 Å². The lowest BCUT2D eigenvalue weighted by Gasteiger charge is -2.29. The smallest absolute Gasteiger partial charge is 0.251 e. The lowest BCUT2D eigenvalue weighted by atomic mass is 10.2. The molecule has 1 heterocycles. The molecule has 1 aliphatic rings. The van der Waals surface area contributed by atoms with Gasteiger partial charge in [-0.25, -0.2) is 0 Å². The van der Waals surface area contributed by atoms with E-state index < -0.39 is 7.57 Å². The van der Waals surface area contributed by atoms with Crippen molar-refractivity contribution < 1.29 is 18.7 Å². The van der Waals surface area contributed by atoms with Crippen molar-refractivity contribution in [2.24, 2.45) is 0 Å². The summed E-state index contributed by atoms with van der Waals surface area (Å²) in [6.45, 7) is 2.53. The van der Waals surface area contributed by atoms with E-state index in [-0.39, 0.29) is 12.6 Å². The van der Waals surface area contributed by atoms with E-state index in [1.807, 2.05) is 0 Å². The fraction of sp³-hybridized carbons (Fsp3) is 0.833. The lowest BCUT2D eigenvalue weighted by Crippen LogP contribution is -2.30. The lowest BCUT2D eigenvalue weighted by molar-refractivity contribution is -0.0232. The van der Waals surface area contributed by atoms with Crippen molar-refractivity contribution in [1.29, 1.82) is 0 Å². The SMILES string of the molecule is [B]COC1COP(O)(=CC)OC1. The molecule has 0 amide bonds. The molecule has 0 saturated carbocycles. The van der Waals surface area contributed by atoms with Crippen LogP contribution in [0, 0.1) is 0 Å². The van der Waals surface area contributed by atoms with Crippen LogP contribution in [0.15, 0.2) is 0 Å². The molecule has 0 bridgehead atoms. The number of rotatable bonds is 2. The van der Waals surface area contributed by atoms with E-state index in [4.69, 9.17) is 21.6 Å². The topological polar surface area (TPSA) is 47.9 Å². The van der Waals surface area contributed by atoms with Gasteiger partial charge in [0.15, 0.2) is 0 Å². The molecule has 0 aromatic rings. The third kappa shape index (κ3) is 2.61. The summed E-state index contributed by atoms with van der Waals surface area (Å²) in [5, 5.41) is 0. The maximum atomic E-state index is 9.49. The van der Waals surface area contributed by atoms with Gasteiger partial charge < -0.3 is 18.7 Å². The fourth-order valence-corrected chi connectivity index (χ4v) is 1.98. The Labute approximate surface area is 73.4 Å². The second-order valence-corrected chi connectivity index (χ2v) is 4.53. The van der Waals surface area contributed by atoms with Gasteiger partial charge in [0.1, 0.15) is 14.0 Å². The van der Waals surface area contributed by atoms with E-state index in [2.05, 4.69) is 0 Å². The molecule has 2 radical (unpaired) electrons. The van der Waals surface area contributed by atoms with Crippen LogP contribution in [0.4, 0.5) is 0 Å². The average Bonchev–Trinajstić information content (AvgIpc) is 2.10. The van der Waals surface area contributed by atoms with Gasteiger partial charge in [-0.2, -0.15) is 0 Å². The molecular formula is C6H12BO4P. The Bertz CT molecular complexity index is 184. The third-order valence-electron chi connectivity index (χ3n) is 1.55. The third-order valence-corrected chi connectivity index (χ3v) is 3.24. The van der Waals surface area contributed by atoms with Crippen molar-refractivity contribution in [3.63, 3.8) is 0 Å². The molecule has 0 aromatic carbocycles. The Morgan fingerprint density at radius 2 is 2.25 bits per heavy atom. The summed E-state index contributed by atoms with van der Waals surface area (Å²) in [7, 11) is 2.51. The molecule has 1 saturated heterocycles. The Morgan fingerprint density at radius 1 is 1.67 bits per heavy atom. The fourth-order valence-electron chi connectivity index (χ4n) is 0.847. The summed E-state index contributed by atoms with van der Waals surface area (Å²) < 4.78 is 15.2. The molecule has 1 N–H and O–H groups in total. The largest absolute Gasteiger partial charge is 0.383 e. The van der Waals surface area contributed by atoms with Crippen molar-refractivity contribution in [1.82, 2.24) is 0 Å². The zero-order valence-corrected chi connectivity index (χ0v) is 7.87. The van der Waals surface area contributed by atoms with Gasteiger partial charge >= 0.3 is 0 Å². The summed E-state index contributed by atoms with van der Waals surface area (Å²) >= 11 is 0. The summed E-state index contributed by atoms with van der Waals surface area (Å²) in [6, 6.07) is 0. The average molecular weight is 190 g/mol. The Hall–Kier alpha value is 0.205. The van der Waals surface area contributed by atoms with Crippen molar-refractivity contribution in [2.45, 2.75) is 13.0 Å². The highest BCUT2D eigenvalue weighted by atomic mass is 31.2. The van der Waals surface area contributed by atoms with Gasteiger partial charge in [0.25, 0.3) is 7.57 Å². The van der Waals surface area contributed by atoms with E-state index in [0.29, 0.717) is 13.2 Å². The predicted molar refractivity (Wildman–Crippen MR) is 48.3 cm³/mol. The second kappa shape index (κ2) is 4.44. The highest BCUT2D eigenvalue weighted by Gasteiger charge is 2.25. The molecule has 0 unspecified atom stereocenters. The van der Waals surface area contributed by atoms with Gasteiger partial charge in [0.2, 0.25) is 0 Å². The molecule has 12 heavy (non-hydrogen) atoms. The van der Waals surface area contributed by atoms with E-state index in [1.165, 1.54) is 0 Å². The molecule has 0 aliphatic carbocycles. The highest BCUT2D eigenvalue weighted by molar-refractivity contribution is 7.60. The minimum Gasteiger partial charge on any atom is -0.383 e. The van der Waals surface area contributed by atoms with Gasteiger partial charge in [0, 0.05) is 6.51 Å². The van der Waals surface area contributed by atoms with Crippen LogP contribution in [0.5, 0.6) is 0 Å². The van der Waals surface area contributed by atoms with Crippen LogP contribution in [0.1, 0.15) is 6.92 Å². The van der Waals surface area contributed by atoms with Crippen LogP contribution in [-0.4, -0.2) is 44.4 Å². The number of ether oxygens (including phenoxy) is 1. The highest BCUT2D eigenvalue weighted by Crippen LogP contribution is 2.47. The van der Waals surface area contributed by atoms with Crippen LogP contribution >= 0.6 is 7.57 Å². The molecule has 0 spiro atoms. The zero-order chi connectivity index (χ0) is 9.03. The maximum Gasteiger partial charge on any atom is 0.251 e. The summed E-state index contributed by atoms with van der Waals surface area (Å²) in [6.07, 6.45) is -0.157. The predicted octanol–water partition coefficient (Wildman–Crippen LogP) is 0.121. The summed E-state index contributed by atoms with van der Waals surface area (Å²) in [4.78, 5) is 9.49. The van der Waals surface area contributed by atoms with Crippen molar-refractivity contribution in [3.05, 3.63) is 0 Å². The normalized spacial score (nSPS) is 36.3. The Morgan fingerprint density at radius 3 is 2.67 bits per heavy atom. The van der Waals surface area contributed by atoms with Gasteiger partial charge in [-0.3, -0.25) is 0 Å². The van der Waals surface area contributed by atoms with E-state index in [1.54, 1.807) is 12.7 Å². The number of hydrogen-bond donors (Lipinski definition) is 1. The van der Waals surface area contributed by atoms with Crippen LogP contribution in [0.25, 0.3) is 0 Å². The standard InChI is InChI=1S/C6H12BO4P/c1-2-12(8)10-3-6(4-11-12)9-5-7/h2,6,8H,3-5H2,1H3. The second-order valence-electron chi connectivity index (χ2n) is 2.37.